The van der Waals surface area contributed by atoms with E-state index in [2.05, 4.69) is 36.4 Å². The van der Waals surface area contributed by atoms with E-state index in [4.69, 9.17) is 4.84 Å². The standard InChI is InChI=1S/C17H22INO2/c1-13(2)9-17(3)15(10-18)11-19(16(17)20)21-12-14-7-5-4-6-8-14/h4-8,10,13H,9,11-12H2,1-3H3/b15-10+/t17-/m0/s1. The predicted octanol–water partition coefficient (Wildman–Crippen LogP) is 4.33. The first-order valence-electron chi connectivity index (χ1n) is 7.26. The second kappa shape index (κ2) is 6.92. The van der Waals surface area contributed by atoms with Crippen molar-refractivity contribution in [3.8, 4) is 0 Å². The van der Waals surface area contributed by atoms with Crippen LogP contribution in [-0.4, -0.2) is 17.5 Å². The lowest BCUT2D eigenvalue weighted by atomic mass is 9.78. The fraction of sp³-hybridized carbons (Fsp3) is 0.471. The molecule has 0 spiro atoms. The summed E-state index contributed by atoms with van der Waals surface area (Å²) in [6, 6.07) is 9.93. The molecule has 0 radical (unpaired) electrons. The van der Waals surface area contributed by atoms with Gasteiger partial charge in [-0.15, -0.1) is 0 Å². The summed E-state index contributed by atoms with van der Waals surface area (Å²) in [7, 11) is 0. The molecule has 4 heteroatoms. The van der Waals surface area contributed by atoms with Crippen molar-refractivity contribution >= 4 is 28.5 Å². The largest absolute Gasteiger partial charge is 0.272 e. The highest BCUT2D eigenvalue weighted by atomic mass is 127. The van der Waals surface area contributed by atoms with Crippen LogP contribution in [0.2, 0.25) is 0 Å². The van der Waals surface area contributed by atoms with Gasteiger partial charge in [-0.2, -0.15) is 0 Å². The molecule has 2 rings (SSSR count). The van der Waals surface area contributed by atoms with Crippen molar-refractivity contribution in [1.82, 2.24) is 5.06 Å². The third kappa shape index (κ3) is 3.66. The van der Waals surface area contributed by atoms with E-state index in [9.17, 15) is 4.79 Å². The zero-order valence-corrected chi connectivity index (χ0v) is 15.0. The average molecular weight is 399 g/mol. The van der Waals surface area contributed by atoms with E-state index < -0.39 is 5.41 Å². The van der Waals surface area contributed by atoms with Gasteiger partial charge in [0.05, 0.1) is 12.0 Å². The van der Waals surface area contributed by atoms with Crippen molar-refractivity contribution in [3.63, 3.8) is 0 Å². The minimum absolute atomic E-state index is 0.0787. The summed E-state index contributed by atoms with van der Waals surface area (Å²) in [5.74, 6) is 0.550. The molecule has 0 unspecified atom stereocenters. The first kappa shape index (κ1) is 16.5. The minimum Gasteiger partial charge on any atom is -0.272 e. The van der Waals surface area contributed by atoms with Crippen molar-refractivity contribution in [2.24, 2.45) is 11.3 Å². The van der Waals surface area contributed by atoms with E-state index in [1.807, 2.05) is 41.3 Å². The molecule has 0 N–H and O–H groups in total. The highest BCUT2D eigenvalue weighted by molar-refractivity contribution is 14.1. The summed E-state index contributed by atoms with van der Waals surface area (Å²) in [6.45, 7) is 7.33. The topological polar surface area (TPSA) is 29.5 Å². The second-order valence-electron chi connectivity index (χ2n) is 6.17. The fourth-order valence-corrected chi connectivity index (χ4v) is 3.72. The lowest BCUT2D eigenvalue weighted by Gasteiger charge is -2.25. The molecule has 1 aliphatic heterocycles. The SMILES string of the molecule is CC(C)C[C@]1(C)C(=O)N(OCc2ccccc2)C/C1=C\I. The number of hydroxylamine groups is 2. The lowest BCUT2D eigenvalue weighted by Crippen LogP contribution is -2.33. The molecule has 1 saturated heterocycles. The van der Waals surface area contributed by atoms with E-state index in [0.29, 0.717) is 19.1 Å². The van der Waals surface area contributed by atoms with Gasteiger partial charge in [0, 0.05) is 0 Å². The molecule has 114 valence electrons. The van der Waals surface area contributed by atoms with Gasteiger partial charge in [-0.25, -0.2) is 5.06 Å². The number of nitrogens with zero attached hydrogens (tertiary/aromatic N) is 1. The van der Waals surface area contributed by atoms with Crippen LogP contribution in [-0.2, 0) is 16.2 Å². The van der Waals surface area contributed by atoms with E-state index in [-0.39, 0.29) is 5.91 Å². The number of carbonyl (C=O) groups excluding carboxylic acids is 1. The zero-order valence-electron chi connectivity index (χ0n) is 12.8. The summed E-state index contributed by atoms with van der Waals surface area (Å²) >= 11 is 2.22. The van der Waals surface area contributed by atoms with Gasteiger partial charge in [0.25, 0.3) is 5.91 Å². The van der Waals surface area contributed by atoms with Crippen molar-refractivity contribution < 1.29 is 9.63 Å². The number of hydrogen-bond acceptors (Lipinski definition) is 2. The Kier molecular flexibility index (Phi) is 5.43. The van der Waals surface area contributed by atoms with Gasteiger partial charge in [0.1, 0.15) is 6.61 Å². The van der Waals surface area contributed by atoms with Gasteiger partial charge < -0.3 is 0 Å². The summed E-state index contributed by atoms with van der Waals surface area (Å²) in [6.07, 6.45) is 0.853. The van der Waals surface area contributed by atoms with E-state index in [0.717, 1.165) is 17.6 Å². The highest BCUT2D eigenvalue weighted by Crippen LogP contribution is 2.42. The van der Waals surface area contributed by atoms with Crippen LogP contribution in [0.5, 0.6) is 0 Å². The Bertz CT molecular complexity index is 527. The van der Waals surface area contributed by atoms with Gasteiger partial charge in [0.15, 0.2) is 0 Å². The first-order chi connectivity index (χ1) is 9.97. The predicted molar refractivity (Wildman–Crippen MR) is 92.6 cm³/mol. The Labute approximate surface area is 140 Å². The van der Waals surface area contributed by atoms with Gasteiger partial charge in [-0.1, -0.05) is 66.8 Å². The summed E-state index contributed by atoms with van der Waals surface area (Å²) in [5.41, 5.74) is 1.80. The summed E-state index contributed by atoms with van der Waals surface area (Å²) < 4.78 is 2.03. The Hall–Kier alpha value is -0.880. The Morgan fingerprint density at radius 1 is 1.38 bits per heavy atom. The smallest absolute Gasteiger partial charge is 0.256 e. The molecule has 1 aromatic carbocycles. The number of hydrogen-bond donors (Lipinski definition) is 0. The second-order valence-corrected chi connectivity index (χ2v) is 6.79. The Morgan fingerprint density at radius 3 is 2.62 bits per heavy atom. The molecule has 1 fully saturated rings. The number of carbonyl (C=O) groups is 1. The first-order valence-corrected chi connectivity index (χ1v) is 8.50. The van der Waals surface area contributed by atoms with Crippen molar-refractivity contribution in [2.75, 3.05) is 6.54 Å². The maximum absolute atomic E-state index is 12.7. The number of benzene rings is 1. The molecular weight excluding hydrogens is 377 g/mol. The van der Waals surface area contributed by atoms with E-state index >= 15 is 0 Å². The molecule has 0 aromatic heterocycles. The molecule has 1 amide bonds. The molecule has 0 saturated carbocycles. The number of amides is 1. The Balaban J connectivity index is 2.08. The molecular formula is C17H22INO2. The fourth-order valence-electron chi connectivity index (χ4n) is 2.83. The van der Waals surface area contributed by atoms with Gasteiger partial charge in [-0.05, 0) is 34.5 Å². The lowest BCUT2D eigenvalue weighted by molar-refractivity contribution is -0.187. The molecule has 21 heavy (non-hydrogen) atoms. The molecule has 1 heterocycles. The normalized spacial score (nSPS) is 24.3. The van der Waals surface area contributed by atoms with Crippen molar-refractivity contribution in [2.45, 2.75) is 33.8 Å². The van der Waals surface area contributed by atoms with E-state index in [1.54, 1.807) is 0 Å². The van der Waals surface area contributed by atoms with Crippen molar-refractivity contribution in [3.05, 3.63) is 45.6 Å². The zero-order chi connectivity index (χ0) is 15.5. The van der Waals surface area contributed by atoms with Crippen LogP contribution in [0, 0.1) is 11.3 Å². The third-order valence-corrected chi connectivity index (χ3v) is 4.65. The molecule has 0 aliphatic carbocycles. The highest BCUT2D eigenvalue weighted by Gasteiger charge is 2.47. The van der Waals surface area contributed by atoms with Crippen LogP contribution in [0.1, 0.15) is 32.8 Å². The molecule has 1 atom stereocenters. The average Bonchev–Trinajstić information content (AvgIpc) is 2.69. The van der Waals surface area contributed by atoms with Gasteiger partial charge in [0.2, 0.25) is 0 Å². The molecule has 1 aromatic rings. The summed E-state index contributed by atoms with van der Waals surface area (Å²) in [5, 5.41) is 1.53. The molecule has 0 bridgehead atoms. The van der Waals surface area contributed by atoms with Gasteiger partial charge >= 0.3 is 0 Å². The van der Waals surface area contributed by atoms with Crippen LogP contribution in [0.15, 0.2) is 40.0 Å². The van der Waals surface area contributed by atoms with Crippen LogP contribution >= 0.6 is 22.6 Å². The molecule has 1 aliphatic rings. The van der Waals surface area contributed by atoms with Crippen LogP contribution in [0.25, 0.3) is 0 Å². The quantitative estimate of drug-likeness (QED) is 0.690. The monoisotopic (exact) mass is 399 g/mol. The van der Waals surface area contributed by atoms with Crippen LogP contribution in [0.3, 0.4) is 0 Å². The maximum Gasteiger partial charge on any atom is 0.256 e. The number of rotatable bonds is 5. The maximum atomic E-state index is 12.7. The number of halogens is 1. The van der Waals surface area contributed by atoms with E-state index in [1.165, 1.54) is 5.06 Å². The van der Waals surface area contributed by atoms with Crippen LogP contribution in [0.4, 0.5) is 0 Å². The van der Waals surface area contributed by atoms with Crippen LogP contribution < -0.4 is 0 Å². The van der Waals surface area contributed by atoms with Gasteiger partial charge in [-0.3, -0.25) is 9.63 Å². The molecule has 3 nitrogen and oxygen atoms in total. The minimum atomic E-state index is -0.425. The third-order valence-electron chi connectivity index (χ3n) is 3.90. The Morgan fingerprint density at radius 2 is 2.05 bits per heavy atom. The summed E-state index contributed by atoms with van der Waals surface area (Å²) in [4.78, 5) is 18.5. The van der Waals surface area contributed by atoms with Crippen molar-refractivity contribution in [1.29, 1.82) is 0 Å².